The summed E-state index contributed by atoms with van der Waals surface area (Å²) < 4.78 is 12.2. The molecule has 2 amide bonds. The molecule has 0 saturated carbocycles. The van der Waals surface area contributed by atoms with E-state index in [9.17, 15) is 9.59 Å². The summed E-state index contributed by atoms with van der Waals surface area (Å²) in [5.74, 6) is 1.11. The number of nitrogens with one attached hydrogen (secondary N) is 2. The van der Waals surface area contributed by atoms with Gasteiger partial charge in [-0.15, -0.1) is 0 Å². The van der Waals surface area contributed by atoms with Crippen molar-refractivity contribution in [1.82, 2.24) is 9.78 Å². The van der Waals surface area contributed by atoms with Gasteiger partial charge in [0.05, 0.1) is 26.8 Å². The molecule has 31 heavy (non-hydrogen) atoms. The molecule has 2 N–H and O–H groups in total. The van der Waals surface area contributed by atoms with Gasteiger partial charge < -0.3 is 20.1 Å². The lowest BCUT2D eigenvalue weighted by Crippen LogP contribution is -2.23. The minimum absolute atomic E-state index is 0.0577. The molecule has 160 valence electrons. The molecule has 0 radical (unpaired) electrons. The molecule has 8 nitrogen and oxygen atoms in total. The Hall–Kier alpha value is -3.52. The fourth-order valence-corrected chi connectivity index (χ4v) is 3.72. The first-order valence-electron chi connectivity index (χ1n) is 9.58. The summed E-state index contributed by atoms with van der Waals surface area (Å²) in [5.41, 5.74) is 2.91. The molecule has 2 aromatic carbocycles. The second-order valence-electron chi connectivity index (χ2n) is 7.09. The van der Waals surface area contributed by atoms with Crippen LogP contribution in [0.15, 0.2) is 42.6 Å². The molecule has 0 spiro atoms. The van der Waals surface area contributed by atoms with E-state index < -0.39 is 6.04 Å². The molecule has 3 aromatic rings. The van der Waals surface area contributed by atoms with Gasteiger partial charge in [0.15, 0.2) is 11.5 Å². The van der Waals surface area contributed by atoms with E-state index in [1.54, 1.807) is 49.4 Å². The zero-order valence-electron chi connectivity index (χ0n) is 17.2. The third kappa shape index (κ3) is 3.82. The van der Waals surface area contributed by atoms with Gasteiger partial charge in [0.2, 0.25) is 5.91 Å². The zero-order chi connectivity index (χ0) is 22.1. The SMILES string of the molecule is COc1ccc(-c2cnn3c2NC(=O)C3CC(=O)Nc2cccc(Cl)c2C)cc1OC. The monoisotopic (exact) mass is 440 g/mol. The molecule has 0 saturated heterocycles. The van der Waals surface area contributed by atoms with Crippen LogP contribution >= 0.6 is 11.6 Å². The highest BCUT2D eigenvalue weighted by atomic mass is 35.5. The number of aromatic nitrogens is 2. The number of nitrogens with zero attached hydrogens (tertiary/aromatic N) is 2. The second kappa shape index (κ2) is 8.31. The normalized spacial score (nSPS) is 14.7. The number of fused-ring (bicyclic) bond motifs is 1. The van der Waals surface area contributed by atoms with Crippen LogP contribution in [0.5, 0.6) is 11.5 Å². The highest BCUT2D eigenvalue weighted by Crippen LogP contribution is 2.39. The van der Waals surface area contributed by atoms with Gasteiger partial charge in [0.1, 0.15) is 11.9 Å². The Morgan fingerprint density at radius 2 is 2.00 bits per heavy atom. The number of anilines is 2. The van der Waals surface area contributed by atoms with Gasteiger partial charge in [-0.25, -0.2) is 4.68 Å². The van der Waals surface area contributed by atoms with Crippen molar-refractivity contribution in [2.45, 2.75) is 19.4 Å². The molecular formula is C22H21ClN4O4. The molecule has 1 aromatic heterocycles. The van der Waals surface area contributed by atoms with Crippen molar-refractivity contribution in [3.8, 4) is 22.6 Å². The van der Waals surface area contributed by atoms with Gasteiger partial charge in [0.25, 0.3) is 5.91 Å². The van der Waals surface area contributed by atoms with Crippen LogP contribution in [0.1, 0.15) is 18.0 Å². The van der Waals surface area contributed by atoms with Gasteiger partial charge in [-0.05, 0) is 42.3 Å². The predicted molar refractivity (Wildman–Crippen MR) is 118 cm³/mol. The topological polar surface area (TPSA) is 94.5 Å². The van der Waals surface area contributed by atoms with Crippen molar-refractivity contribution in [3.05, 3.63) is 53.2 Å². The molecule has 9 heteroatoms. The molecule has 2 heterocycles. The summed E-state index contributed by atoms with van der Waals surface area (Å²) in [6, 6.07) is 9.98. The van der Waals surface area contributed by atoms with E-state index in [-0.39, 0.29) is 18.2 Å². The first kappa shape index (κ1) is 20.7. The summed E-state index contributed by atoms with van der Waals surface area (Å²) >= 11 is 6.11. The van der Waals surface area contributed by atoms with Crippen LogP contribution in [0.4, 0.5) is 11.5 Å². The van der Waals surface area contributed by atoms with Gasteiger partial charge in [-0.3, -0.25) is 9.59 Å². The van der Waals surface area contributed by atoms with Gasteiger partial charge >= 0.3 is 0 Å². The minimum Gasteiger partial charge on any atom is -0.493 e. The maximum absolute atomic E-state index is 12.6. The van der Waals surface area contributed by atoms with Crippen LogP contribution in [-0.2, 0) is 9.59 Å². The standard InChI is InChI=1S/C22H21ClN4O4/c1-12-15(23)5-4-6-16(12)25-20(28)10-17-22(29)26-21-14(11-24-27(17)21)13-7-8-18(30-2)19(9-13)31-3/h4-9,11,17H,10H2,1-3H3,(H,25,28)(H,26,29). The summed E-state index contributed by atoms with van der Waals surface area (Å²) in [6.45, 7) is 1.82. The van der Waals surface area contributed by atoms with Gasteiger partial charge in [0, 0.05) is 16.3 Å². The van der Waals surface area contributed by atoms with Crippen molar-refractivity contribution >= 4 is 34.9 Å². The highest BCUT2D eigenvalue weighted by Gasteiger charge is 2.35. The molecule has 4 rings (SSSR count). The maximum atomic E-state index is 12.6. The van der Waals surface area contributed by atoms with Gasteiger partial charge in [-0.2, -0.15) is 5.10 Å². The number of methoxy groups -OCH3 is 2. The fourth-order valence-electron chi connectivity index (χ4n) is 3.55. The van der Waals surface area contributed by atoms with Crippen molar-refractivity contribution in [2.24, 2.45) is 0 Å². The molecular weight excluding hydrogens is 420 g/mol. The summed E-state index contributed by atoms with van der Waals surface area (Å²) in [4.78, 5) is 25.2. The Labute approximate surface area is 184 Å². The van der Waals surface area contributed by atoms with E-state index in [0.29, 0.717) is 28.0 Å². The number of carbonyl (C=O) groups is 2. The third-order valence-corrected chi connectivity index (χ3v) is 5.66. The second-order valence-corrected chi connectivity index (χ2v) is 7.50. The fraction of sp³-hybridized carbons (Fsp3) is 0.227. The van der Waals surface area contributed by atoms with Crippen molar-refractivity contribution < 1.29 is 19.1 Å². The predicted octanol–water partition coefficient (Wildman–Crippen LogP) is 4.05. The first-order valence-corrected chi connectivity index (χ1v) is 9.96. The highest BCUT2D eigenvalue weighted by molar-refractivity contribution is 6.31. The third-order valence-electron chi connectivity index (χ3n) is 5.25. The molecule has 0 aliphatic carbocycles. The quantitative estimate of drug-likeness (QED) is 0.603. The maximum Gasteiger partial charge on any atom is 0.251 e. The van der Waals surface area contributed by atoms with E-state index in [4.69, 9.17) is 21.1 Å². The van der Waals surface area contributed by atoms with Crippen LogP contribution in [0.25, 0.3) is 11.1 Å². The van der Waals surface area contributed by atoms with Crippen LogP contribution < -0.4 is 20.1 Å². The van der Waals surface area contributed by atoms with E-state index >= 15 is 0 Å². The first-order chi connectivity index (χ1) is 14.9. The number of halogens is 1. The minimum atomic E-state index is -0.747. The Balaban J connectivity index is 1.57. The zero-order valence-corrected chi connectivity index (χ0v) is 18.0. The average molecular weight is 441 g/mol. The van der Waals surface area contributed by atoms with Crippen molar-refractivity contribution in [3.63, 3.8) is 0 Å². The van der Waals surface area contributed by atoms with Crippen molar-refractivity contribution in [2.75, 3.05) is 24.9 Å². The van der Waals surface area contributed by atoms with Crippen LogP contribution in [0, 0.1) is 6.92 Å². The van der Waals surface area contributed by atoms with E-state index in [1.807, 2.05) is 19.1 Å². The summed E-state index contributed by atoms with van der Waals surface area (Å²) in [6.07, 6.45) is 1.60. The smallest absolute Gasteiger partial charge is 0.251 e. The summed E-state index contributed by atoms with van der Waals surface area (Å²) in [5, 5.41) is 10.6. The Morgan fingerprint density at radius 3 is 2.74 bits per heavy atom. The average Bonchev–Trinajstić information content (AvgIpc) is 3.30. The largest absolute Gasteiger partial charge is 0.493 e. The lowest BCUT2D eigenvalue weighted by molar-refractivity contribution is -0.123. The van der Waals surface area contributed by atoms with Crippen LogP contribution in [0.2, 0.25) is 5.02 Å². The molecule has 0 fully saturated rings. The number of ether oxygens (including phenoxy) is 2. The molecule has 1 atom stereocenters. The molecule has 0 bridgehead atoms. The van der Waals surface area contributed by atoms with Crippen LogP contribution in [-0.4, -0.2) is 35.8 Å². The van der Waals surface area contributed by atoms with E-state index in [0.717, 1.165) is 16.7 Å². The molecule has 1 unspecified atom stereocenters. The number of benzene rings is 2. The number of carbonyl (C=O) groups excluding carboxylic acids is 2. The lowest BCUT2D eigenvalue weighted by Gasteiger charge is -2.12. The Kier molecular flexibility index (Phi) is 5.56. The number of hydrogen-bond acceptors (Lipinski definition) is 5. The Bertz CT molecular complexity index is 1170. The summed E-state index contributed by atoms with van der Waals surface area (Å²) in [7, 11) is 3.12. The lowest BCUT2D eigenvalue weighted by atomic mass is 10.1. The molecule has 1 aliphatic heterocycles. The number of rotatable bonds is 6. The van der Waals surface area contributed by atoms with E-state index in [2.05, 4.69) is 15.7 Å². The van der Waals surface area contributed by atoms with Crippen LogP contribution in [0.3, 0.4) is 0 Å². The van der Waals surface area contributed by atoms with Gasteiger partial charge in [-0.1, -0.05) is 23.7 Å². The van der Waals surface area contributed by atoms with Crippen molar-refractivity contribution in [1.29, 1.82) is 0 Å². The number of hydrogen-bond donors (Lipinski definition) is 2. The Morgan fingerprint density at radius 1 is 1.23 bits per heavy atom. The molecule has 1 aliphatic rings. The number of amides is 2. The van der Waals surface area contributed by atoms with E-state index in [1.165, 1.54) is 0 Å².